The average Bonchev–Trinajstić information content (AvgIpc) is 3.80. The Balaban J connectivity index is 1.27. The zero-order chi connectivity index (χ0) is 34.0. The van der Waals surface area contributed by atoms with Gasteiger partial charge in [-0.15, -0.1) is 0 Å². The number of aromatic nitrogens is 2. The molecule has 12 rings (SSSR count). The maximum atomic E-state index is 6.63. The predicted molar refractivity (Wildman–Crippen MR) is 212 cm³/mol. The van der Waals surface area contributed by atoms with Gasteiger partial charge in [-0.05, 0) is 89.0 Å². The second kappa shape index (κ2) is 10.1. The minimum absolute atomic E-state index is 0.533. The van der Waals surface area contributed by atoms with Crippen LogP contribution in [0.4, 0.5) is 0 Å². The summed E-state index contributed by atoms with van der Waals surface area (Å²) in [6.07, 6.45) is 0. The molecule has 0 radical (unpaired) electrons. The van der Waals surface area contributed by atoms with E-state index >= 15 is 0 Å². The van der Waals surface area contributed by atoms with Crippen LogP contribution in [0.5, 0.6) is 11.5 Å². The first kappa shape index (κ1) is 27.9. The summed E-state index contributed by atoms with van der Waals surface area (Å²) in [5.41, 5.74) is 14.0. The van der Waals surface area contributed by atoms with Crippen molar-refractivity contribution in [2.45, 2.75) is 5.41 Å². The van der Waals surface area contributed by atoms with E-state index in [-0.39, 0.29) is 0 Å². The number of benzene rings is 8. The van der Waals surface area contributed by atoms with Gasteiger partial charge >= 0.3 is 0 Å². The fourth-order valence-electron chi connectivity index (χ4n) is 9.53. The Morgan fingerprint density at radius 3 is 1.52 bits per heavy atom. The Morgan fingerprint density at radius 2 is 0.827 bits per heavy atom. The molecule has 10 aromatic rings. The standard InChI is InChI=1S/C49H30N2O/c1-3-15-31(16-4-1)50-43-24-12-8-20-34(43)36-28-38-37-27-35-33-19-7-9-21-39(33)49(40-22-10-13-25-47(40)52-48-26-14-11-23-41(48)49)42(35)29-44(37)51(46(38)30-45(36)50)32-17-5-2-6-18-32/h1-30H. The molecular formula is C49H30N2O. The topological polar surface area (TPSA) is 19.1 Å². The molecule has 3 nitrogen and oxygen atoms in total. The van der Waals surface area contributed by atoms with E-state index in [0.717, 1.165) is 22.9 Å². The molecule has 0 saturated heterocycles. The van der Waals surface area contributed by atoms with Gasteiger partial charge in [0.15, 0.2) is 0 Å². The highest BCUT2D eigenvalue weighted by Gasteiger charge is 2.51. The predicted octanol–water partition coefficient (Wildman–Crippen LogP) is 12.3. The first-order chi connectivity index (χ1) is 25.8. The largest absolute Gasteiger partial charge is 0.457 e. The van der Waals surface area contributed by atoms with E-state index in [0.29, 0.717) is 0 Å². The Labute approximate surface area is 300 Å². The number of hydrogen-bond acceptors (Lipinski definition) is 1. The number of para-hydroxylation sites is 5. The number of rotatable bonds is 2. The van der Waals surface area contributed by atoms with Crippen LogP contribution in [0, 0.1) is 0 Å². The molecule has 0 N–H and O–H groups in total. The van der Waals surface area contributed by atoms with Gasteiger partial charge in [0.05, 0.1) is 27.5 Å². The van der Waals surface area contributed by atoms with Crippen LogP contribution in [-0.2, 0) is 5.41 Å². The quantitative estimate of drug-likeness (QED) is 0.180. The molecule has 0 atom stereocenters. The van der Waals surface area contributed by atoms with Crippen molar-refractivity contribution in [3.8, 4) is 34.0 Å². The van der Waals surface area contributed by atoms with Gasteiger partial charge in [0.2, 0.25) is 0 Å². The Hall–Kier alpha value is -6.84. The Bertz CT molecular complexity index is 3050. The molecule has 1 spiro atoms. The summed E-state index contributed by atoms with van der Waals surface area (Å²) in [5, 5.41) is 5.00. The lowest BCUT2D eigenvalue weighted by molar-refractivity contribution is 0.436. The summed E-state index contributed by atoms with van der Waals surface area (Å²) >= 11 is 0. The molecule has 1 aliphatic heterocycles. The van der Waals surface area contributed by atoms with Crippen molar-refractivity contribution in [3.63, 3.8) is 0 Å². The minimum Gasteiger partial charge on any atom is -0.457 e. The van der Waals surface area contributed by atoms with Crippen molar-refractivity contribution in [1.29, 1.82) is 0 Å². The van der Waals surface area contributed by atoms with Gasteiger partial charge in [-0.1, -0.05) is 115 Å². The molecular weight excluding hydrogens is 633 g/mol. The molecule has 1 aliphatic carbocycles. The third-order valence-corrected chi connectivity index (χ3v) is 11.6. The molecule has 52 heavy (non-hydrogen) atoms. The molecule has 0 fully saturated rings. The average molecular weight is 663 g/mol. The van der Waals surface area contributed by atoms with Crippen molar-refractivity contribution >= 4 is 43.6 Å². The van der Waals surface area contributed by atoms with Gasteiger partial charge in [-0.2, -0.15) is 0 Å². The summed E-state index contributed by atoms with van der Waals surface area (Å²) in [7, 11) is 0. The van der Waals surface area contributed by atoms with E-state index in [1.54, 1.807) is 0 Å². The summed E-state index contributed by atoms with van der Waals surface area (Å²) < 4.78 is 11.5. The van der Waals surface area contributed by atoms with E-state index in [2.05, 4.69) is 191 Å². The summed E-state index contributed by atoms with van der Waals surface area (Å²) in [4.78, 5) is 0. The third-order valence-electron chi connectivity index (χ3n) is 11.6. The van der Waals surface area contributed by atoms with E-state index in [4.69, 9.17) is 4.74 Å². The SMILES string of the molecule is c1ccc(-n2c3ccccc3c3cc4c5cc6c(cc5n(-c5ccccc5)c4cc32)C2(c3ccccc3Oc3ccccc32)c2ccccc2-6)cc1. The van der Waals surface area contributed by atoms with Crippen molar-refractivity contribution < 1.29 is 4.74 Å². The molecule has 3 heterocycles. The molecule has 242 valence electrons. The maximum Gasteiger partial charge on any atom is 0.132 e. The first-order valence-corrected chi connectivity index (χ1v) is 17.9. The number of hydrogen-bond donors (Lipinski definition) is 0. The molecule has 0 unspecified atom stereocenters. The highest BCUT2D eigenvalue weighted by molar-refractivity contribution is 6.20. The fourth-order valence-corrected chi connectivity index (χ4v) is 9.53. The lowest BCUT2D eigenvalue weighted by atomic mass is 9.66. The summed E-state index contributed by atoms with van der Waals surface area (Å²) in [6, 6.07) is 66.4. The molecule has 0 bridgehead atoms. The van der Waals surface area contributed by atoms with Gasteiger partial charge in [-0.25, -0.2) is 0 Å². The van der Waals surface area contributed by atoms with Crippen LogP contribution in [0.15, 0.2) is 182 Å². The van der Waals surface area contributed by atoms with Crippen LogP contribution < -0.4 is 4.74 Å². The molecule has 2 aromatic heterocycles. The van der Waals surface area contributed by atoms with Crippen LogP contribution in [-0.4, -0.2) is 9.13 Å². The molecule has 0 saturated carbocycles. The van der Waals surface area contributed by atoms with Gasteiger partial charge in [0.25, 0.3) is 0 Å². The van der Waals surface area contributed by atoms with Crippen molar-refractivity contribution in [1.82, 2.24) is 9.13 Å². The molecule has 8 aromatic carbocycles. The van der Waals surface area contributed by atoms with Gasteiger partial charge < -0.3 is 13.9 Å². The zero-order valence-electron chi connectivity index (χ0n) is 28.1. The monoisotopic (exact) mass is 662 g/mol. The van der Waals surface area contributed by atoms with Crippen molar-refractivity contribution in [2.24, 2.45) is 0 Å². The lowest BCUT2D eigenvalue weighted by Crippen LogP contribution is -2.32. The fraction of sp³-hybridized carbons (Fsp3) is 0.0204. The van der Waals surface area contributed by atoms with Crippen LogP contribution >= 0.6 is 0 Å². The second-order valence-corrected chi connectivity index (χ2v) is 14.1. The summed E-state index contributed by atoms with van der Waals surface area (Å²) in [5.74, 6) is 1.81. The number of nitrogens with zero attached hydrogens (tertiary/aromatic N) is 2. The minimum atomic E-state index is -0.533. The second-order valence-electron chi connectivity index (χ2n) is 14.1. The van der Waals surface area contributed by atoms with Gasteiger partial charge in [0.1, 0.15) is 11.5 Å². The lowest BCUT2D eigenvalue weighted by Gasteiger charge is -2.39. The van der Waals surface area contributed by atoms with Crippen LogP contribution in [0.25, 0.3) is 66.1 Å². The van der Waals surface area contributed by atoms with E-state index < -0.39 is 5.41 Å². The molecule has 3 heteroatoms. The number of fused-ring (bicyclic) bond motifs is 15. The van der Waals surface area contributed by atoms with Gasteiger partial charge in [0, 0.05) is 44.0 Å². The van der Waals surface area contributed by atoms with E-state index in [1.807, 2.05) is 0 Å². The van der Waals surface area contributed by atoms with Gasteiger partial charge in [-0.3, -0.25) is 0 Å². The van der Waals surface area contributed by atoms with Crippen LogP contribution in [0.3, 0.4) is 0 Å². The number of ether oxygens (including phenoxy) is 1. The summed E-state index contributed by atoms with van der Waals surface area (Å²) in [6.45, 7) is 0. The zero-order valence-corrected chi connectivity index (χ0v) is 28.1. The van der Waals surface area contributed by atoms with E-state index in [1.165, 1.54) is 77.0 Å². The van der Waals surface area contributed by atoms with Crippen LogP contribution in [0.1, 0.15) is 22.3 Å². The normalized spacial score (nSPS) is 13.7. The highest BCUT2D eigenvalue weighted by atomic mass is 16.5. The maximum absolute atomic E-state index is 6.63. The Morgan fingerprint density at radius 1 is 0.327 bits per heavy atom. The van der Waals surface area contributed by atoms with Crippen LogP contribution in [0.2, 0.25) is 0 Å². The van der Waals surface area contributed by atoms with Crippen molar-refractivity contribution in [2.75, 3.05) is 0 Å². The Kier molecular flexibility index (Phi) is 5.43. The highest BCUT2D eigenvalue weighted by Crippen LogP contribution is 2.62. The molecule has 2 aliphatic rings. The molecule has 0 amide bonds. The smallest absolute Gasteiger partial charge is 0.132 e. The first-order valence-electron chi connectivity index (χ1n) is 17.9. The van der Waals surface area contributed by atoms with Crippen molar-refractivity contribution in [3.05, 3.63) is 204 Å². The van der Waals surface area contributed by atoms with E-state index in [9.17, 15) is 0 Å². The third kappa shape index (κ3) is 3.45.